The van der Waals surface area contributed by atoms with Crippen molar-refractivity contribution in [3.05, 3.63) is 53.6 Å². The van der Waals surface area contributed by atoms with E-state index >= 15 is 0 Å². The fourth-order valence-corrected chi connectivity index (χ4v) is 3.87. The van der Waals surface area contributed by atoms with Gasteiger partial charge in [-0.25, -0.2) is 0 Å². The Bertz CT molecular complexity index is 695. The maximum atomic E-state index is 10.1. The summed E-state index contributed by atoms with van der Waals surface area (Å²) in [5.74, 6) is 1.59. The van der Waals surface area contributed by atoms with Gasteiger partial charge in [-0.3, -0.25) is 0 Å². The lowest BCUT2D eigenvalue weighted by Gasteiger charge is -2.36. The molecule has 1 aliphatic carbocycles. The molecule has 2 aliphatic rings. The highest BCUT2D eigenvalue weighted by molar-refractivity contribution is 5.46. The average molecular weight is 298 g/mol. The molecule has 4 heteroatoms. The molecule has 4 rings (SSSR count). The zero-order valence-corrected chi connectivity index (χ0v) is 12.0. The third kappa shape index (κ3) is 2.11. The molecule has 114 valence electrons. The molecule has 0 aromatic heterocycles. The van der Waals surface area contributed by atoms with Crippen molar-refractivity contribution in [1.29, 1.82) is 0 Å². The number of benzene rings is 2. The Morgan fingerprint density at radius 3 is 2.41 bits per heavy atom. The van der Waals surface area contributed by atoms with Gasteiger partial charge in [-0.2, -0.15) is 0 Å². The Balaban J connectivity index is 1.78. The van der Waals surface area contributed by atoms with Crippen LogP contribution < -0.4 is 4.74 Å². The fraction of sp³-hybridized carbons (Fsp3) is 0.333. The predicted molar refractivity (Wildman–Crippen MR) is 81.1 cm³/mol. The van der Waals surface area contributed by atoms with Gasteiger partial charge in [-0.05, 0) is 54.7 Å². The summed E-state index contributed by atoms with van der Waals surface area (Å²) < 4.78 is 6.17. The third-order valence-electron chi connectivity index (χ3n) is 4.84. The zero-order chi connectivity index (χ0) is 15.3. The molecule has 22 heavy (non-hydrogen) atoms. The molecule has 3 N–H and O–H groups in total. The molecule has 0 amide bonds. The second kappa shape index (κ2) is 4.92. The van der Waals surface area contributed by atoms with Crippen LogP contribution in [0.25, 0.3) is 0 Å². The van der Waals surface area contributed by atoms with Crippen LogP contribution in [-0.4, -0.2) is 21.4 Å². The van der Waals surface area contributed by atoms with Crippen molar-refractivity contribution in [3.63, 3.8) is 0 Å². The Morgan fingerprint density at radius 1 is 0.909 bits per heavy atom. The number of hydrogen-bond acceptors (Lipinski definition) is 4. The van der Waals surface area contributed by atoms with Crippen molar-refractivity contribution in [3.8, 4) is 17.2 Å². The lowest BCUT2D eigenvalue weighted by Crippen LogP contribution is -2.26. The second-order valence-corrected chi connectivity index (χ2v) is 6.25. The van der Waals surface area contributed by atoms with E-state index in [1.807, 2.05) is 12.1 Å². The number of fused-ring (bicyclic) bond motifs is 3. The first-order valence-electron chi connectivity index (χ1n) is 7.58. The van der Waals surface area contributed by atoms with Gasteiger partial charge < -0.3 is 20.1 Å². The van der Waals surface area contributed by atoms with Gasteiger partial charge in [0.1, 0.15) is 23.4 Å². The first-order chi connectivity index (χ1) is 10.6. The van der Waals surface area contributed by atoms with E-state index in [0.29, 0.717) is 12.8 Å². The monoisotopic (exact) mass is 298 g/mol. The van der Waals surface area contributed by atoms with E-state index < -0.39 is 0 Å². The van der Waals surface area contributed by atoms with E-state index in [1.54, 1.807) is 30.3 Å². The summed E-state index contributed by atoms with van der Waals surface area (Å²) in [5, 5.41) is 29.3. The van der Waals surface area contributed by atoms with Crippen molar-refractivity contribution >= 4 is 0 Å². The normalized spacial score (nSPS) is 29.5. The number of aromatic hydroxyl groups is 2. The first-order valence-corrected chi connectivity index (χ1v) is 7.58. The number of hydrogen-bond donors (Lipinski definition) is 3. The van der Waals surface area contributed by atoms with Crippen LogP contribution in [-0.2, 0) is 0 Å². The minimum absolute atomic E-state index is 0.139. The van der Waals surface area contributed by atoms with E-state index in [4.69, 9.17) is 4.74 Å². The molecule has 2 aromatic carbocycles. The van der Waals surface area contributed by atoms with E-state index in [9.17, 15) is 15.3 Å². The first kappa shape index (κ1) is 13.5. The summed E-state index contributed by atoms with van der Waals surface area (Å²) in [7, 11) is 0. The van der Waals surface area contributed by atoms with Crippen LogP contribution >= 0.6 is 0 Å². The van der Waals surface area contributed by atoms with Gasteiger partial charge in [0.05, 0.1) is 6.10 Å². The largest absolute Gasteiger partial charge is 0.508 e. The second-order valence-electron chi connectivity index (χ2n) is 6.25. The van der Waals surface area contributed by atoms with Gasteiger partial charge in [-0.15, -0.1) is 0 Å². The highest BCUT2D eigenvalue weighted by Crippen LogP contribution is 2.54. The van der Waals surface area contributed by atoms with Crippen LogP contribution in [0.1, 0.15) is 36.0 Å². The van der Waals surface area contributed by atoms with E-state index in [-0.39, 0.29) is 35.5 Å². The quantitative estimate of drug-likeness (QED) is 0.756. The zero-order valence-electron chi connectivity index (χ0n) is 12.0. The number of aliphatic hydroxyl groups is 1. The third-order valence-corrected chi connectivity index (χ3v) is 4.84. The van der Waals surface area contributed by atoms with Crippen LogP contribution in [0.4, 0.5) is 0 Å². The van der Waals surface area contributed by atoms with Gasteiger partial charge in [0.2, 0.25) is 0 Å². The summed E-state index contributed by atoms with van der Waals surface area (Å²) in [5.41, 5.74) is 1.98. The number of rotatable bonds is 1. The molecule has 4 nitrogen and oxygen atoms in total. The van der Waals surface area contributed by atoms with Gasteiger partial charge in [-0.1, -0.05) is 12.1 Å². The Kier molecular flexibility index (Phi) is 3.01. The minimum Gasteiger partial charge on any atom is -0.508 e. The summed E-state index contributed by atoms with van der Waals surface area (Å²) >= 11 is 0. The minimum atomic E-state index is -0.341. The topological polar surface area (TPSA) is 69.9 Å². The molecule has 1 heterocycles. The molecular weight excluding hydrogens is 280 g/mol. The molecule has 0 saturated heterocycles. The van der Waals surface area contributed by atoms with Gasteiger partial charge in [0.15, 0.2) is 0 Å². The Labute approximate surface area is 128 Å². The summed E-state index contributed by atoms with van der Waals surface area (Å²) in [6, 6.07) is 12.2. The standard InChI is InChI=1S/C18H18O4/c19-11-3-1-10(2-4-11)18-16-9-13(21)8-14(16)15-7-12(20)5-6-17(15)22-18/h1-7,13-14,16,18-21H,8-9H2/t13?,14-,16?,18?/m0/s1. The summed E-state index contributed by atoms with van der Waals surface area (Å²) in [6.07, 6.45) is 0.899. The lowest BCUT2D eigenvalue weighted by molar-refractivity contribution is 0.0960. The Morgan fingerprint density at radius 2 is 1.64 bits per heavy atom. The molecule has 3 unspecified atom stereocenters. The molecule has 0 bridgehead atoms. The predicted octanol–water partition coefficient (Wildman–Crippen LogP) is 3.09. The molecule has 1 saturated carbocycles. The lowest BCUT2D eigenvalue weighted by atomic mass is 9.80. The van der Waals surface area contributed by atoms with Crippen molar-refractivity contribution in [2.75, 3.05) is 0 Å². The molecule has 0 spiro atoms. The molecule has 4 atom stereocenters. The molecule has 1 aliphatic heterocycles. The average Bonchev–Trinajstić information content (AvgIpc) is 2.89. The van der Waals surface area contributed by atoms with E-state index in [2.05, 4.69) is 0 Å². The van der Waals surface area contributed by atoms with Gasteiger partial charge >= 0.3 is 0 Å². The van der Waals surface area contributed by atoms with Crippen molar-refractivity contribution < 1.29 is 20.1 Å². The molecule has 0 radical (unpaired) electrons. The Hall–Kier alpha value is -2.20. The SMILES string of the molecule is Oc1ccc(C2Oc3ccc(O)cc3[C@@H]3CC(O)CC23)cc1. The number of aliphatic hydroxyl groups excluding tert-OH is 1. The van der Waals surface area contributed by atoms with E-state index in [1.165, 1.54) is 0 Å². The van der Waals surface area contributed by atoms with Crippen LogP contribution in [0.15, 0.2) is 42.5 Å². The van der Waals surface area contributed by atoms with Crippen LogP contribution in [0.2, 0.25) is 0 Å². The van der Waals surface area contributed by atoms with E-state index in [0.717, 1.165) is 16.9 Å². The van der Waals surface area contributed by atoms with Crippen LogP contribution in [0.3, 0.4) is 0 Å². The van der Waals surface area contributed by atoms with Crippen molar-refractivity contribution in [1.82, 2.24) is 0 Å². The van der Waals surface area contributed by atoms with Gasteiger partial charge in [0, 0.05) is 11.5 Å². The molecule has 2 aromatic rings. The molecular formula is C18H18O4. The summed E-state index contributed by atoms with van der Waals surface area (Å²) in [6.45, 7) is 0. The number of phenols is 2. The van der Waals surface area contributed by atoms with Crippen LogP contribution in [0, 0.1) is 5.92 Å². The highest BCUT2D eigenvalue weighted by atomic mass is 16.5. The summed E-state index contributed by atoms with van der Waals surface area (Å²) in [4.78, 5) is 0. The van der Waals surface area contributed by atoms with Gasteiger partial charge in [0.25, 0.3) is 0 Å². The smallest absolute Gasteiger partial charge is 0.127 e. The van der Waals surface area contributed by atoms with Crippen molar-refractivity contribution in [2.45, 2.75) is 31.0 Å². The van der Waals surface area contributed by atoms with Crippen molar-refractivity contribution in [2.24, 2.45) is 5.92 Å². The number of phenolic OH excluding ortho intramolecular Hbond substituents is 2. The fourth-order valence-electron chi connectivity index (χ4n) is 3.87. The molecule has 1 fully saturated rings. The highest BCUT2D eigenvalue weighted by Gasteiger charge is 2.45. The van der Waals surface area contributed by atoms with Crippen LogP contribution in [0.5, 0.6) is 17.2 Å². The number of ether oxygens (including phenoxy) is 1. The maximum absolute atomic E-state index is 10.1. The maximum Gasteiger partial charge on any atom is 0.127 e.